The fourth-order valence-corrected chi connectivity index (χ4v) is 5.88. The maximum absolute atomic E-state index is 14.0. The third-order valence-electron chi connectivity index (χ3n) is 7.98. The van der Waals surface area contributed by atoms with E-state index in [4.69, 9.17) is 0 Å². The number of allylic oxidation sites excluding steroid dienone is 2. The number of hydrogen-bond acceptors (Lipinski definition) is 3. The van der Waals surface area contributed by atoms with Crippen LogP contribution in [0.3, 0.4) is 0 Å². The van der Waals surface area contributed by atoms with E-state index in [1.165, 1.54) is 24.0 Å². The van der Waals surface area contributed by atoms with E-state index >= 15 is 0 Å². The quantitative estimate of drug-likeness (QED) is 0.317. The predicted octanol–water partition coefficient (Wildman–Crippen LogP) is 6.33. The average molecular weight is 531 g/mol. The number of fused-ring (bicyclic) bond motifs is 2. The summed E-state index contributed by atoms with van der Waals surface area (Å²) in [6, 6.07) is 23.7. The van der Waals surface area contributed by atoms with E-state index in [0.717, 1.165) is 41.0 Å². The second-order valence-corrected chi connectivity index (χ2v) is 10.6. The zero-order valence-electron chi connectivity index (χ0n) is 22.9. The minimum absolute atomic E-state index is 0.0317. The maximum atomic E-state index is 14.0. The second kappa shape index (κ2) is 11.3. The van der Waals surface area contributed by atoms with Gasteiger partial charge in [0.15, 0.2) is 0 Å². The molecule has 2 aromatic carbocycles. The number of nitrogens with zero attached hydrogens (tertiary/aromatic N) is 3. The number of aromatic nitrogens is 2. The highest BCUT2D eigenvalue weighted by atomic mass is 16.2. The zero-order chi connectivity index (χ0) is 27.5. The van der Waals surface area contributed by atoms with Crippen molar-refractivity contribution in [2.75, 3.05) is 11.4 Å². The highest BCUT2D eigenvalue weighted by Crippen LogP contribution is 2.32. The first-order valence-electron chi connectivity index (χ1n) is 14.1. The summed E-state index contributed by atoms with van der Waals surface area (Å²) in [5, 5.41) is 3.04. The van der Waals surface area contributed by atoms with E-state index in [9.17, 15) is 9.59 Å². The number of benzene rings is 2. The van der Waals surface area contributed by atoms with Gasteiger partial charge in [-0.1, -0.05) is 36.4 Å². The lowest BCUT2D eigenvalue weighted by Crippen LogP contribution is -2.31. The molecule has 3 heterocycles. The third-order valence-corrected chi connectivity index (χ3v) is 7.98. The Morgan fingerprint density at radius 2 is 1.82 bits per heavy atom. The van der Waals surface area contributed by atoms with Gasteiger partial charge in [-0.3, -0.25) is 14.6 Å². The summed E-state index contributed by atoms with van der Waals surface area (Å²) in [6.07, 6.45) is 9.48. The molecule has 6 rings (SSSR count). The molecular weight excluding hydrogens is 496 g/mol. The predicted molar refractivity (Wildman–Crippen MR) is 158 cm³/mol. The Labute approximate surface area is 235 Å². The Hall–Kier alpha value is -4.45. The van der Waals surface area contributed by atoms with E-state index < -0.39 is 0 Å². The second-order valence-electron chi connectivity index (χ2n) is 10.6. The van der Waals surface area contributed by atoms with Crippen LogP contribution in [0.15, 0.2) is 85.1 Å². The van der Waals surface area contributed by atoms with Gasteiger partial charge in [0.05, 0.1) is 13.1 Å². The Morgan fingerprint density at radius 1 is 0.950 bits per heavy atom. The maximum Gasteiger partial charge on any atom is 0.267 e. The topological polar surface area (TPSA) is 67.2 Å². The lowest BCUT2D eigenvalue weighted by Gasteiger charge is -2.23. The Balaban J connectivity index is 1.25. The van der Waals surface area contributed by atoms with Gasteiger partial charge in [0.25, 0.3) is 11.8 Å². The Bertz CT molecular complexity index is 1580. The molecule has 2 amide bonds. The van der Waals surface area contributed by atoms with Crippen molar-refractivity contribution in [2.45, 2.75) is 52.1 Å². The van der Waals surface area contributed by atoms with Gasteiger partial charge < -0.3 is 14.8 Å². The first-order chi connectivity index (χ1) is 19.6. The van der Waals surface area contributed by atoms with Crippen molar-refractivity contribution in [3.05, 3.63) is 124 Å². The fourth-order valence-electron chi connectivity index (χ4n) is 5.88. The average Bonchev–Trinajstić information content (AvgIpc) is 3.31. The van der Waals surface area contributed by atoms with Gasteiger partial charge >= 0.3 is 0 Å². The molecule has 4 aromatic rings. The van der Waals surface area contributed by atoms with Crippen LogP contribution in [0, 0.1) is 6.92 Å². The zero-order valence-corrected chi connectivity index (χ0v) is 22.9. The minimum atomic E-state index is -0.123. The first kappa shape index (κ1) is 25.8. The summed E-state index contributed by atoms with van der Waals surface area (Å²) in [5.41, 5.74) is 8.82. The molecule has 0 saturated heterocycles. The number of pyridine rings is 1. The highest BCUT2D eigenvalue weighted by molar-refractivity contribution is 6.07. The molecule has 0 saturated carbocycles. The SMILES string of the molecule is Cc1cc(C(=O)N2Cc3ccc(C(=O)NCCc4ccccn4)n3Cc3ccccc32)ccc1C1=CCCCC1. The molecule has 2 aliphatic rings. The standard InChI is InChI=1S/C34H34N4O2/c1-24-21-26(14-16-30(24)25-9-3-2-4-10-25)34(40)38-23-29-15-17-32(37(29)22-27-11-5-6-13-31(27)38)33(39)36-20-18-28-12-7-8-19-35-28/h5-9,11-17,19,21H,2-4,10,18,20,22-23H2,1H3,(H,36,39). The van der Waals surface area contributed by atoms with Crippen molar-refractivity contribution >= 4 is 23.1 Å². The molecule has 1 aliphatic carbocycles. The molecule has 6 heteroatoms. The molecular formula is C34H34N4O2. The first-order valence-corrected chi connectivity index (χ1v) is 14.1. The molecule has 0 bridgehead atoms. The molecule has 0 fully saturated rings. The van der Waals surface area contributed by atoms with Gasteiger partial charge in [-0.15, -0.1) is 0 Å². The van der Waals surface area contributed by atoms with Crippen LogP contribution < -0.4 is 10.2 Å². The molecule has 0 atom stereocenters. The molecule has 0 spiro atoms. The number of hydrogen-bond donors (Lipinski definition) is 1. The number of carbonyl (C=O) groups excluding carboxylic acids is 2. The van der Waals surface area contributed by atoms with Gasteiger partial charge in [-0.05, 0) is 97.3 Å². The van der Waals surface area contributed by atoms with Crippen LogP contribution in [0.5, 0.6) is 0 Å². The number of nitrogens with one attached hydrogen (secondary N) is 1. The van der Waals surface area contributed by atoms with E-state index in [1.54, 1.807) is 6.20 Å². The van der Waals surface area contributed by atoms with E-state index in [-0.39, 0.29) is 11.8 Å². The number of rotatable bonds is 6. The molecule has 40 heavy (non-hydrogen) atoms. The summed E-state index contributed by atoms with van der Waals surface area (Å²) in [7, 11) is 0. The van der Waals surface area contributed by atoms with Crippen LogP contribution >= 0.6 is 0 Å². The van der Waals surface area contributed by atoms with Crippen LogP contribution in [0.2, 0.25) is 0 Å². The normalized spacial score (nSPS) is 14.5. The van der Waals surface area contributed by atoms with E-state index in [2.05, 4.69) is 29.4 Å². The number of carbonyl (C=O) groups is 2. The molecule has 1 N–H and O–H groups in total. The Morgan fingerprint density at radius 3 is 2.62 bits per heavy atom. The van der Waals surface area contributed by atoms with Crippen molar-refractivity contribution in [1.82, 2.24) is 14.9 Å². The number of aryl methyl sites for hydroxylation is 1. The third kappa shape index (κ3) is 5.22. The molecule has 6 nitrogen and oxygen atoms in total. The van der Waals surface area contributed by atoms with Gasteiger partial charge in [-0.25, -0.2) is 0 Å². The number of para-hydroxylation sites is 1. The summed E-state index contributed by atoms with van der Waals surface area (Å²) in [6.45, 7) is 3.52. The van der Waals surface area contributed by atoms with Crippen molar-refractivity contribution in [3.8, 4) is 0 Å². The lowest BCUT2D eigenvalue weighted by atomic mass is 9.90. The van der Waals surface area contributed by atoms with Crippen molar-refractivity contribution < 1.29 is 9.59 Å². The van der Waals surface area contributed by atoms with Crippen LogP contribution in [-0.4, -0.2) is 27.9 Å². The van der Waals surface area contributed by atoms with Gasteiger partial charge in [-0.2, -0.15) is 0 Å². The van der Waals surface area contributed by atoms with Gasteiger partial charge in [0.2, 0.25) is 0 Å². The van der Waals surface area contributed by atoms with Gasteiger partial charge in [0, 0.05) is 41.8 Å². The minimum Gasteiger partial charge on any atom is -0.350 e. The largest absolute Gasteiger partial charge is 0.350 e. The molecule has 202 valence electrons. The smallest absolute Gasteiger partial charge is 0.267 e. The van der Waals surface area contributed by atoms with Crippen LogP contribution in [0.25, 0.3) is 5.57 Å². The van der Waals surface area contributed by atoms with Crippen LogP contribution in [0.4, 0.5) is 5.69 Å². The van der Waals surface area contributed by atoms with E-state index in [0.29, 0.717) is 37.3 Å². The van der Waals surface area contributed by atoms with E-state index in [1.807, 2.05) is 76.2 Å². The summed E-state index contributed by atoms with van der Waals surface area (Å²) in [4.78, 5) is 33.4. The molecule has 0 unspecified atom stereocenters. The van der Waals surface area contributed by atoms with Crippen LogP contribution in [0.1, 0.15) is 74.6 Å². The van der Waals surface area contributed by atoms with Crippen molar-refractivity contribution in [3.63, 3.8) is 0 Å². The number of amides is 2. The van der Waals surface area contributed by atoms with Crippen molar-refractivity contribution in [2.24, 2.45) is 0 Å². The lowest BCUT2D eigenvalue weighted by molar-refractivity contribution is 0.0944. The van der Waals surface area contributed by atoms with Crippen molar-refractivity contribution in [1.29, 1.82) is 0 Å². The fraction of sp³-hybridized carbons (Fsp3) is 0.265. The summed E-state index contributed by atoms with van der Waals surface area (Å²) in [5.74, 6) is -0.154. The molecule has 0 radical (unpaired) electrons. The summed E-state index contributed by atoms with van der Waals surface area (Å²) < 4.78 is 2.03. The molecule has 2 aromatic heterocycles. The molecule has 1 aliphatic heterocycles. The van der Waals surface area contributed by atoms with Crippen LogP contribution in [-0.2, 0) is 19.5 Å². The number of anilines is 1. The monoisotopic (exact) mass is 530 g/mol. The highest BCUT2D eigenvalue weighted by Gasteiger charge is 2.27. The van der Waals surface area contributed by atoms with Gasteiger partial charge in [0.1, 0.15) is 5.69 Å². The summed E-state index contributed by atoms with van der Waals surface area (Å²) >= 11 is 0. The Kier molecular flexibility index (Phi) is 7.32.